The van der Waals surface area contributed by atoms with Gasteiger partial charge in [-0.2, -0.15) is 18.3 Å². The van der Waals surface area contributed by atoms with E-state index in [0.29, 0.717) is 36.7 Å². The van der Waals surface area contributed by atoms with Crippen LogP contribution in [-0.4, -0.2) is 70.8 Å². The van der Waals surface area contributed by atoms with Crippen molar-refractivity contribution in [2.45, 2.75) is 19.3 Å². The summed E-state index contributed by atoms with van der Waals surface area (Å²) in [7, 11) is 3.58. The number of aromatic nitrogens is 3. The van der Waals surface area contributed by atoms with Crippen molar-refractivity contribution >= 4 is 28.7 Å². The second kappa shape index (κ2) is 11.7. The molecule has 1 aliphatic heterocycles. The van der Waals surface area contributed by atoms with Crippen molar-refractivity contribution in [2.75, 3.05) is 56.7 Å². The quantitative estimate of drug-likeness (QED) is 0.300. The molecule has 10 nitrogen and oxygen atoms in total. The zero-order valence-electron chi connectivity index (χ0n) is 22.7. The Hall–Kier alpha value is -4.20. The number of halogens is 3. The number of carbonyl (C=O) groups is 1. The van der Waals surface area contributed by atoms with Crippen molar-refractivity contribution in [3.05, 3.63) is 71.7 Å². The highest BCUT2D eigenvalue weighted by molar-refractivity contribution is 6.00. The van der Waals surface area contributed by atoms with Gasteiger partial charge in [-0.15, -0.1) is 0 Å². The van der Waals surface area contributed by atoms with E-state index in [4.69, 9.17) is 10.5 Å². The minimum atomic E-state index is -4.55. The highest BCUT2D eigenvalue weighted by atomic mass is 19.4. The van der Waals surface area contributed by atoms with E-state index in [1.54, 1.807) is 35.9 Å². The van der Waals surface area contributed by atoms with Crippen molar-refractivity contribution in [1.29, 1.82) is 0 Å². The van der Waals surface area contributed by atoms with Gasteiger partial charge < -0.3 is 26.0 Å². The van der Waals surface area contributed by atoms with Crippen LogP contribution in [0.3, 0.4) is 0 Å². The first-order valence-corrected chi connectivity index (χ1v) is 13.0. The van der Waals surface area contributed by atoms with Crippen LogP contribution >= 0.6 is 0 Å². The highest BCUT2D eigenvalue weighted by Crippen LogP contribution is 2.35. The Balaban J connectivity index is 1.30. The molecule has 4 N–H and O–H groups in total. The Kier molecular flexibility index (Phi) is 8.10. The zero-order chi connectivity index (χ0) is 29.1. The first-order chi connectivity index (χ1) is 19.6. The van der Waals surface area contributed by atoms with Crippen LogP contribution in [0.5, 0.6) is 0 Å². The molecule has 0 atom stereocenters. The standard InChI is InChI=1S/C28H31F3N8O2/c1-37-9-11-38(12-10-37)14-19-5-8-22(13-23(19)28(29,30)31)36-27(40)35-21-6-3-18(4-7-21)24-20(16-41-2)15-39-25(24)26(32)33-17-34-39/h3-8,13,15,17H,9-12,14,16H2,1-2H3,(H2,32,33,34)(H2,35,36,40). The maximum absolute atomic E-state index is 13.9. The number of fused-ring (bicyclic) bond motifs is 1. The van der Waals surface area contributed by atoms with Crippen LogP contribution < -0.4 is 16.4 Å². The number of benzene rings is 2. The number of nitrogen functional groups attached to an aromatic ring is 1. The first-order valence-electron chi connectivity index (χ1n) is 13.0. The van der Waals surface area contributed by atoms with E-state index < -0.39 is 17.8 Å². The number of anilines is 3. The molecule has 5 rings (SSSR count). The number of piperazine rings is 1. The predicted octanol–water partition coefficient (Wildman–Crippen LogP) is 4.54. The molecule has 41 heavy (non-hydrogen) atoms. The molecule has 1 saturated heterocycles. The van der Waals surface area contributed by atoms with Crippen LogP contribution in [-0.2, 0) is 24.1 Å². The van der Waals surface area contributed by atoms with Gasteiger partial charge in [0, 0.05) is 68.5 Å². The Labute approximate surface area is 234 Å². The molecule has 0 aliphatic carbocycles. The molecule has 0 radical (unpaired) electrons. The van der Waals surface area contributed by atoms with Gasteiger partial charge in [-0.05, 0) is 42.4 Å². The molecule has 2 aromatic carbocycles. The average molecular weight is 569 g/mol. The lowest BCUT2D eigenvalue weighted by Crippen LogP contribution is -2.44. The summed E-state index contributed by atoms with van der Waals surface area (Å²) in [6.45, 7) is 3.54. The number of hydrogen-bond acceptors (Lipinski definition) is 7. The number of nitrogens with two attached hydrogens (primary N) is 1. The zero-order valence-corrected chi connectivity index (χ0v) is 22.7. The van der Waals surface area contributed by atoms with Crippen LogP contribution in [0.25, 0.3) is 16.6 Å². The third-order valence-electron chi connectivity index (χ3n) is 7.07. The summed E-state index contributed by atoms with van der Waals surface area (Å²) in [6, 6.07) is 10.2. The second-order valence-corrected chi connectivity index (χ2v) is 10.0. The fraction of sp³-hybridized carbons (Fsp3) is 0.321. The van der Waals surface area contributed by atoms with E-state index in [1.807, 2.05) is 18.1 Å². The molecular weight excluding hydrogens is 537 g/mol. The summed E-state index contributed by atoms with van der Waals surface area (Å²) >= 11 is 0. The summed E-state index contributed by atoms with van der Waals surface area (Å²) in [5.74, 6) is 0.312. The van der Waals surface area contributed by atoms with Gasteiger partial charge in [0.2, 0.25) is 0 Å². The summed E-state index contributed by atoms with van der Waals surface area (Å²) in [5.41, 5.74) is 9.14. The summed E-state index contributed by atoms with van der Waals surface area (Å²) < 4.78 is 48.7. The van der Waals surface area contributed by atoms with Crippen LogP contribution in [0.1, 0.15) is 16.7 Å². The topological polar surface area (TPSA) is 113 Å². The number of carbonyl (C=O) groups excluding carboxylic acids is 1. The predicted molar refractivity (Wildman–Crippen MR) is 150 cm³/mol. The molecule has 3 heterocycles. The van der Waals surface area contributed by atoms with Crippen molar-refractivity contribution in [2.24, 2.45) is 0 Å². The Bertz CT molecular complexity index is 1530. The molecule has 2 amide bonds. The molecule has 1 fully saturated rings. The molecule has 2 aromatic heterocycles. The average Bonchev–Trinajstić information content (AvgIpc) is 3.30. The van der Waals surface area contributed by atoms with E-state index in [9.17, 15) is 18.0 Å². The fourth-order valence-electron chi connectivity index (χ4n) is 4.99. The lowest BCUT2D eigenvalue weighted by molar-refractivity contribution is -0.138. The molecule has 216 valence electrons. The van der Waals surface area contributed by atoms with Gasteiger partial charge in [0.25, 0.3) is 0 Å². The van der Waals surface area contributed by atoms with E-state index in [-0.39, 0.29) is 17.8 Å². The maximum atomic E-state index is 13.9. The number of urea groups is 1. The summed E-state index contributed by atoms with van der Waals surface area (Å²) in [4.78, 5) is 20.9. The lowest BCUT2D eigenvalue weighted by Gasteiger charge is -2.33. The molecule has 4 aromatic rings. The van der Waals surface area contributed by atoms with Crippen molar-refractivity contribution in [1.82, 2.24) is 24.4 Å². The molecular formula is C28H31F3N8O2. The number of ether oxygens (including phenoxy) is 1. The fourth-order valence-corrected chi connectivity index (χ4v) is 4.99. The van der Waals surface area contributed by atoms with Gasteiger partial charge in [0.1, 0.15) is 11.8 Å². The summed E-state index contributed by atoms with van der Waals surface area (Å²) in [6.07, 6.45) is -1.37. The van der Waals surface area contributed by atoms with E-state index in [1.165, 1.54) is 18.5 Å². The van der Waals surface area contributed by atoms with Crippen molar-refractivity contribution in [3.63, 3.8) is 0 Å². The van der Waals surface area contributed by atoms with Gasteiger partial charge >= 0.3 is 12.2 Å². The Morgan fingerprint density at radius 1 is 1.02 bits per heavy atom. The highest BCUT2D eigenvalue weighted by Gasteiger charge is 2.34. The monoisotopic (exact) mass is 568 g/mol. The normalized spacial score (nSPS) is 14.9. The first kappa shape index (κ1) is 28.3. The Morgan fingerprint density at radius 3 is 2.39 bits per heavy atom. The largest absolute Gasteiger partial charge is 0.416 e. The number of amides is 2. The number of nitrogens with one attached hydrogen (secondary N) is 2. The number of likely N-dealkylation sites (N-methyl/N-ethyl adjacent to an activating group) is 1. The number of methoxy groups -OCH3 is 1. The Morgan fingerprint density at radius 2 is 1.71 bits per heavy atom. The third kappa shape index (κ3) is 6.42. The molecule has 0 unspecified atom stereocenters. The van der Waals surface area contributed by atoms with Crippen molar-refractivity contribution < 1.29 is 22.7 Å². The lowest BCUT2D eigenvalue weighted by atomic mass is 10.0. The molecule has 0 spiro atoms. The molecule has 1 aliphatic rings. The summed E-state index contributed by atoms with van der Waals surface area (Å²) in [5, 5.41) is 9.40. The van der Waals surface area contributed by atoms with Crippen molar-refractivity contribution in [3.8, 4) is 11.1 Å². The maximum Gasteiger partial charge on any atom is 0.416 e. The van der Waals surface area contributed by atoms with Crippen LogP contribution in [0.2, 0.25) is 0 Å². The van der Waals surface area contributed by atoms with E-state index in [0.717, 1.165) is 35.8 Å². The number of hydrogen-bond donors (Lipinski definition) is 3. The van der Waals surface area contributed by atoms with Gasteiger partial charge in [0.05, 0.1) is 12.2 Å². The van der Waals surface area contributed by atoms with Crippen LogP contribution in [0.15, 0.2) is 55.0 Å². The minimum absolute atomic E-state index is 0.0496. The van der Waals surface area contributed by atoms with Crippen LogP contribution in [0, 0.1) is 0 Å². The van der Waals surface area contributed by atoms with Gasteiger partial charge in [-0.1, -0.05) is 18.2 Å². The molecule has 0 saturated carbocycles. The number of alkyl halides is 3. The number of nitrogens with zero attached hydrogens (tertiary/aromatic N) is 5. The second-order valence-electron chi connectivity index (χ2n) is 10.0. The van der Waals surface area contributed by atoms with Gasteiger partial charge in [0.15, 0.2) is 5.82 Å². The molecule has 0 bridgehead atoms. The van der Waals surface area contributed by atoms with E-state index in [2.05, 4.69) is 25.6 Å². The molecule has 13 heteroatoms. The minimum Gasteiger partial charge on any atom is -0.382 e. The third-order valence-corrected chi connectivity index (χ3v) is 7.07. The van der Waals surface area contributed by atoms with Gasteiger partial charge in [-0.25, -0.2) is 14.3 Å². The number of rotatable bonds is 7. The van der Waals surface area contributed by atoms with E-state index >= 15 is 0 Å². The van der Waals surface area contributed by atoms with Gasteiger partial charge in [-0.3, -0.25) is 4.90 Å². The SMILES string of the molecule is COCc1cn2ncnc(N)c2c1-c1ccc(NC(=O)Nc2ccc(CN3CCN(C)CC3)c(C(F)(F)F)c2)cc1. The van der Waals surface area contributed by atoms with Crippen LogP contribution in [0.4, 0.5) is 35.2 Å². The smallest absolute Gasteiger partial charge is 0.382 e.